The fourth-order valence-corrected chi connectivity index (χ4v) is 2.32. The third kappa shape index (κ3) is 3.75. The van der Waals surface area contributed by atoms with Gasteiger partial charge in [0.25, 0.3) is 11.8 Å². The van der Waals surface area contributed by atoms with Gasteiger partial charge >= 0.3 is 0 Å². The lowest BCUT2D eigenvalue weighted by Gasteiger charge is -2.07. The number of nitrogens with zero attached hydrogens (tertiary/aromatic N) is 1. The standard InChI is InChI=1S/C17H16N4O4/c22-16(21-24)11-5-7-12(8-6-11)25-10-9-18-17(23)15-13-3-1-2-4-14(13)19-20-15/h1-8,24H,9-10H2,(H,18,23)(H,19,20)(H,21,22). The van der Waals surface area contributed by atoms with Gasteiger partial charge < -0.3 is 10.1 Å². The van der Waals surface area contributed by atoms with Crippen molar-refractivity contribution in [3.63, 3.8) is 0 Å². The lowest BCUT2D eigenvalue weighted by Crippen LogP contribution is -2.28. The predicted octanol–water partition coefficient (Wildman–Crippen LogP) is 1.49. The number of rotatable bonds is 6. The Hall–Kier alpha value is -3.39. The minimum absolute atomic E-state index is 0.264. The fourth-order valence-electron chi connectivity index (χ4n) is 2.32. The Balaban J connectivity index is 1.50. The molecule has 0 saturated carbocycles. The number of fused-ring (bicyclic) bond motifs is 1. The lowest BCUT2D eigenvalue weighted by atomic mass is 10.2. The molecule has 128 valence electrons. The first-order valence-electron chi connectivity index (χ1n) is 7.57. The molecule has 0 unspecified atom stereocenters. The van der Waals surface area contributed by atoms with Crippen molar-refractivity contribution < 1.29 is 19.5 Å². The molecule has 0 radical (unpaired) electrons. The van der Waals surface area contributed by atoms with E-state index in [1.165, 1.54) is 12.1 Å². The van der Waals surface area contributed by atoms with E-state index in [9.17, 15) is 9.59 Å². The average molecular weight is 340 g/mol. The summed E-state index contributed by atoms with van der Waals surface area (Å²) in [5.74, 6) is -0.324. The van der Waals surface area contributed by atoms with Crippen LogP contribution in [0, 0.1) is 0 Å². The van der Waals surface area contributed by atoms with E-state index in [4.69, 9.17) is 9.94 Å². The van der Waals surface area contributed by atoms with E-state index in [2.05, 4.69) is 15.5 Å². The summed E-state index contributed by atoms with van der Waals surface area (Å²) in [6.45, 7) is 0.568. The number of hydroxylamine groups is 1. The summed E-state index contributed by atoms with van der Waals surface area (Å²) in [7, 11) is 0. The largest absolute Gasteiger partial charge is 0.492 e. The van der Waals surface area contributed by atoms with E-state index < -0.39 is 5.91 Å². The third-order valence-electron chi connectivity index (χ3n) is 3.56. The normalized spacial score (nSPS) is 10.4. The molecule has 25 heavy (non-hydrogen) atoms. The molecule has 0 fully saturated rings. The van der Waals surface area contributed by atoms with Crippen molar-refractivity contribution in [2.24, 2.45) is 0 Å². The second kappa shape index (κ2) is 7.45. The lowest BCUT2D eigenvalue weighted by molar-refractivity contribution is 0.0706. The molecule has 0 bridgehead atoms. The van der Waals surface area contributed by atoms with Crippen molar-refractivity contribution in [2.45, 2.75) is 0 Å². The SMILES string of the molecule is O=C(NO)c1ccc(OCCNC(=O)c2n[nH]c3ccccc23)cc1. The highest BCUT2D eigenvalue weighted by Gasteiger charge is 2.13. The molecule has 8 heteroatoms. The Labute approximate surface area is 142 Å². The Morgan fingerprint density at radius 3 is 2.60 bits per heavy atom. The van der Waals surface area contributed by atoms with Crippen LogP contribution in [0.5, 0.6) is 5.75 Å². The number of aromatic nitrogens is 2. The maximum Gasteiger partial charge on any atom is 0.274 e. The van der Waals surface area contributed by atoms with Gasteiger partial charge in [-0.05, 0) is 30.3 Å². The molecule has 1 heterocycles. The Morgan fingerprint density at radius 1 is 1.08 bits per heavy atom. The summed E-state index contributed by atoms with van der Waals surface area (Å²) in [4.78, 5) is 23.4. The summed E-state index contributed by atoms with van der Waals surface area (Å²) in [6.07, 6.45) is 0. The summed E-state index contributed by atoms with van der Waals surface area (Å²) in [6, 6.07) is 13.6. The van der Waals surface area contributed by atoms with E-state index in [0.717, 1.165) is 10.9 Å². The van der Waals surface area contributed by atoms with Crippen molar-refractivity contribution in [3.05, 3.63) is 59.8 Å². The predicted molar refractivity (Wildman–Crippen MR) is 89.6 cm³/mol. The van der Waals surface area contributed by atoms with Crippen molar-refractivity contribution in [2.75, 3.05) is 13.2 Å². The topological polar surface area (TPSA) is 116 Å². The maximum absolute atomic E-state index is 12.2. The van der Waals surface area contributed by atoms with E-state index in [-0.39, 0.29) is 12.5 Å². The number of amides is 2. The van der Waals surface area contributed by atoms with Crippen LogP contribution in [0.2, 0.25) is 0 Å². The molecule has 4 N–H and O–H groups in total. The molecule has 3 rings (SSSR count). The summed E-state index contributed by atoms with van der Waals surface area (Å²) >= 11 is 0. The van der Waals surface area contributed by atoms with Crippen molar-refractivity contribution in [1.82, 2.24) is 21.0 Å². The van der Waals surface area contributed by atoms with E-state index in [1.807, 2.05) is 24.3 Å². The van der Waals surface area contributed by atoms with Crippen LogP contribution in [0.15, 0.2) is 48.5 Å². The highest BCUT2D eigenvalue weighted by atomic mass is 16.5. The Kier molecular flexibility index (Phi) is 4.91. The van der Waals surface area contributed by atoms with Gasteiger partial charge in [0, 0.05) is 10.9 Å². The first kappa shape index (κ1) is 16.5. The molecule has 0 aliphatic rings. The van der Waals surface area contributed by atoms with Gasteiger partial charge in [0.1, 0.15) is 12.4 Å². The van der Waals surface area contributed by atoms with Gasteiger partial charge in [0.05, 0.1) is 12.1 Å². The number of H-pyrrole nitrogens is 1. The highest BCUT2D eigenvalue weighted by Crippen LogP contribution is 2.15. The molecule has 1 aromatic heterocycles. The second-order valence-corrected chi connectivity index (χ2v) is 5.19. The van der Waals surface area contributed by atoms with Crippen LogP contribution in [0.25, 0.3) is 10.9 Å². The first-order valence-corrected chi connectivity index (χ1v) is 7.57. The average Bonchev–Trinajstić information content (AvgIpc) is 3.09. The van der Waals surface area contributed by atoms with Crippen LogP contribution in [-0.2, 0) is 0 Å². The molecular weight excluding hydrogens is 324 g/mol. The third-order valence-corrected chi connectivity index (χ3v) is 3.56. The Bertz CT molecular complexity index is 889. The van der Waals surface area contributed by atoms with Gasteiger partial charge in [-0.15, -0.1) is 0 Å². The quantitative estimate of drug-likeness (QED) is 0.308. The summed E-state index contributed by atoms with van der Waals surface area (Å²) < 4.78 is 5.49. The molecule has 8 nitrogen and oxygen atoms in total. The summed E-state index contributed by atoms with van der Waals surface area (Å²) in [5.41, 5.74) is 3.01. The van der Waals surface area contributed by atoms with Gasteiger partial charge in [-0.1, -0.05) is 18.2 Å². The van der Waals surface area contributed by atoms with E-state index in [0.29, 0.717) is 23.6 Å². The van der Waals surface area contributed by atoms with Gasteiger partial charge in [-0.25, -0.2) is 5.48 Å². The van der Waals surface area contributed by atoms with Crippen LogP contribution in [0.4, 0.5) is 0 Å². The zero-order chi connectivity index (χ0) is 17.6. The van der Waals surface area contributed by atoms with Gasteiger partial charge in [-0.2, -0.15) is 5.10 Å². The fraction of sp³-hybridized carbons (Fsp3) is 0.118. The monoisotopic (exact) mass is 340 g/mol. The van der Waals surface area contributed by atoms with Crippen LogP contribution in [0.3, 0.4) is 0 Å². The van der Waals surface area contributed by atoms with Crippen molar-refractivity contribution >= 4 is 22.7 Å². The molecule has 0 saturated heterocycles. The summed E-state index contributed by atoms with van der Waals surface area (Å²) in [5, 5.41) is 18.9. The number of benzene rings is 2. The highest BCUT2D eigenvalue weighted by molar-refractivity contribution is 6.04. The van der Waals surface area contributed by atoms with E-state index >= 15 is 0 Å². The molecule has 0 atom stereocenters. The van der Waals surface area contributed by atoms with Crippen molar-refractivity contribution in [3.8, 4) is 5.75 Å². The zero-order valence-electron chi connectivity index (χ0n) is 13.2. The zero-order valence-corrected chi connectivity index (χ0v) is 13.2. The smallest absolute Gasteiger partial charge is 0.274 e. The van der Waals surface area contributed by atoms with Gasteiger partial charge in [0.2, 0.25) is 0 Å². The van der Waals surface area contributed by atoms with Crippen LogP contribution < -0.4 is 15.5 Å². The molecule has 0 spiro atoms. The number of aromatic amines is 1. The van der Waals surface area contributed by atoms with Crippen molar-refractivity contribution in [1.29, 1.82) is 0 Å². The molecule has 0 aliphatic heterocycles. The Morgan fingerprint density at radius 2 is 1.84 bits per heavy atom. The number of carbonyl (C=O) groups excluding carboxylic acids is 2. The number of carbonyl (C=O) groups is 2. The maximum atomic E-state index is 12.2. The number of hydrogen-bond donors (Lipinski definition) is 4. The number of para-hydroxylation sites is 1. The molecule has 2 amide bonds. The number of ether oxygens (including phenoxy) is 1. The van der Waals surface area contributed by atoms with E-state index in [1.54, 1.807) is 17.6 Å². The minimum Gasteiger partial charge on any atom is -0.492 e. The van der Waals surface area contributed by atoms with Crippen LogP contribution >= 0.6 is 0 Å². The molecule has 0 aliphatic carbocycles. The first-order chi connectivity index (χ1) is 12.2. The number of nitrogens with one attached hydrogen (secondary N) is 3. The van der Waals surface area contributed by atoms with Crippen LogP contribution in [0.1, 0.15) is 20.8 Å². The van der Waals surface area contributed by atoms with Gasteiger partial charge in [0.15, 0.2) is 5.69 Å². The second-order valence-electron chi connectivity index (χ2n) is 5.19. The molecular formula is C17H16N4O4. The molecule has 2 aromatic carbocycles. The van der Waals surface area contributed by atoms with Crippen LogP contribution in [-0.4, -0.2) is 40.4 Å². The molecule has 3 aromatic rings. The van der Waals surface area contributed by atoms with Gasteiger partial charge in [-0.3, -0.25) is 19.9 Å². The minimum atomic E-state index is -0.593. The number of hydrogen-bond acceptors (Lipinski definition) is 5.